The second-order valence-corrected chi connectivity index (χ2v) is 7.80. The molecule has 0 aromatic heterocycles. The lowest BCUT2D eigenvalue weighted by atomic mass is 10.1. The summed E-state index contributed by atoms with van der Waals surface area (Å²) in [5, 5.41) is 5.33. The molecule has 2 aromatic carbocycles. The third-order valence-electron chi connectivity index (χ3n) is 3.85. The average Bonchev–Trinajstić information content (AvgIpc) is 2.72. The van der Waals surface area contributed by atoms with Gasteiger partial charge in [-0.25, -0.2) is 24.6 Å². The Balaban J connectivity index is 0.00000125. The number of halogens is 2. The van der Waals surface area contributed by atoms with E-state index in [1.165, 1.54) is 24.4 Å². The molecule has 0 saturated heterocycles. The van der Waals surface area contributed by atoms with E-state index in [0.717, 1.165) is 29.3 Å². The number of hydrogen-bond donors (Lipinski definition) is 1. The van der Waals surface area contributed by atoms with E-state index in [-0.39, 0.29) is 12.4 Å². The Morgan fingerprint density at radius 1 is 1.15 bits per heavy atom. The normalized spacial score (nSPS) is 12.0. The lowest BCUT2D eigenvalue weighted by molar-refractivity contribution is 0.213. The molecule has 0 fully saturated rings. The van der Waals surface area contributed by atoms with E-state index in [9.17, 15) is 8.78 Å². The lowest BCUT2D eigenvalue weighted by Gasteiger charge is -2.12. The molecule has 0 bridgehead atoms. The van der Waals surface area contributed by atoms with E-state index in [0.29, 0.717) is 17.2 Å². The maximum Gasteiger partial charge on any atom is 0.198 e. The van der Waals surface area contributed by atoms with Crippen molar-refractivity contribution in [1.82, 2.24) is 5.01 Å². The second kappa shape index (κ2) is 13.9. The Morgan fingerprint density at radius 2 is 1.82 bits per heavy atom. The fourth-order valence-electron chi connectivity index (χ4n) is 2.25. The van der Waals surface area contributed by atoms with Crippen LogP contribution < -0.4 is 10.6 Å². The summed E-state index contributed by atoms with van der Waals surface area (Å²) in [5.41, 5.74) is 2.36. The molecule has 9 heteroatoms. The molecule has 2 aromatic rings. The standard InChI is InChI=1S/C20H23F2N5O2.C4H10/c1-13-11-15(5-7-18(13)25-14(2)27(3)23)20(26-28-4)24-9-10-29-19-8-6-16(21)12-17(19)22;1-4(2)3/h5-9,11-12H,10,23H2,1-4H3;4H,1-3H3/b24-9?,25-14?,26-20-;. The SMILES string of the molecule is CC(C)C.CO/N=C(\N=CCOc1ccc(F)cc1F)c1ccc(N=C(C)N(C)N)c(C)c1. The van der Waals surface area contributed by atoms with Gasteiger partial charge < -0.3 is 14.6 Å². The summed E-state index contributed by atoms with van der Waals surface area (Å²) >= 11 is 0. The highest BCUT2D eigenvalue weighted by Crippen LogP contribution is 2.21. The fourth-order valence-corrected chi connectivity index (χ4v) is 2.25. The zero-order valence-electron chi connectivity index (χ0n) is 20.3. The smallest absolute Gasteiger partial charge is 0.198 e. The monoisotopic (exact) mass is 461 g/mol. The van der Waals surface area contributed by atoms with Crippen molar-refractivity contribution in [3.05, 3.63) is 59.2 Å². The average molecular weight is 462 g/mol. The molecule has 0 aliphatic carbocycles. The maximum atomic E-state index is 13.6. The van der Waals surface area contributed by atoms with Crippen LogP contribution in [0.15, 0.2) is 51.5 Å². The number of nitrogens with two attached hydrogens (primary N) is 1. The number of amidine groups is 2. The van der Waals surface area contributed by atoms with E-state index in [1.807, 2.05) is 19.1 Å². The minimum atomic E-state index is -0.783. The Hall–Kier alpha value is -3.33. The number of nitrogens with zero attached hydrogens (tertiary/aromatic N) is 4. The van der Waals surface area contributed by atoms with Gasteiger partial charge in [-0.05, 0) is 55.7 Å². The van der Waals surface area contributed by atoms with Crippen molar-refractivity contribution in [2.75, 3.05) is 20.8 Å². The van der Waals surface area contributed by atoms with Gasteiger partial charge in [0.05, 0.1) is 5.69 Å². The number of hydrogen-bond acceptors (Lipinski definition) is 5. The summed E-state index contributed by atoms with van der Waals surface area (Å²) < 4.78 is 31.7. The van der Waals surface area contributed by atoms with Crippen molar-refractivity contribution in [1.29, 1.82) is 0 Å². The number of aliphatic imine (C=N–C) groups is 2. The van der Waals surface area contributed by atoms with E-state index >= 15 is 0 Å². The highest BCUT2D eigenvalue weighted by Gasteiger charge is 2.07. The van der Waals surface area contributed by atoms with Crippen molar-refractivity contribution < 1.29 is 18.4 Å². The Kier molecular flexibility index (Phi) is 11.7. The molecule has 0 atom stereocenters. The fraction of sp³-hybridized carbons (Fsp3) is 0.375. The predicted octanol–water partition coefficient (Wildman–Crippen LogP) is 5.25. The first-order valence-electron chi connectivity index (χ1n) is 10.4. The summed E-state index contributed by atoms with van der Waals surface area (Å²) in [7, 11) is 3.12. The summed E-state index contributed by atoms with van der Waals surface area (Å²) in [6, 6.07) is 8.56. The molecule has 2 rings (SSSR count). The van der Waals surface area contributed by atoms with Crippen LogP contribution in [0.5, 0.6) is 5.75 Å². The summed E-state index contributed by atoms with van der Waals surface area (Å²) in [6.07, 6.45) is 1.41. The maximum absolute atomic E-state index is 13.6. The van der Waals surface area contributed by atoms with Crippen LogP contribution in [0.25, 0.3) is 0 Å². The number of rotatable bonds is 6. The molecule has 7 nitrogen and oxygen atoms in total. The highest BCUT2D eigenvalue weighted by atomic mass is 19.1. The van der Waals surface area contributed by atoms with Crippen LogP contribution in [0.3, 0.4) is 0 Å². The Bertz CT molecular complexity index is 986. The zero-order chi connectivity index (χ0) is 25.0. The van der Waals surface area contributed by atoms with Gasteiger partial charge in [0.2, 0.25) is 0 Å². The summed E-state index contributed by atoms with van der Waals surface area (Å²) in [4.78, 5) is 13.5. The van der Waals surface area contributed by atoms with Gasteiger partial charge in [-0.1, -0.05) is 25.9 Å². The Labute approximate surface area is 194 Å². The number of aryl methyl sites for hydroxylation is 1. The van der Waals surface area contributed by atoms with Gasteiger partial charge in [-0.15, -0.1) is 0 Å². The van der Waals surface area contributed by atoms with Crippen LogP contribution in [0, 0.1) is 24.5 Å². The van der Waals surface area contributed by atoms with Crippen LogP contribution in [-0.4, -0.2) is 43.7 Å². The molecule has 0 amide bonds. The topological polar surface area (TPSA) is 84.8 Å². The first-order chi connectivity index (χ1) is 15.5. The van der Waals surface area contributed by atoms with Gasteiger partial charge in [0.1, 0.15) is 25.4 Å². The molecule has 0 aliphatic heterocycles. The van der Waals surface area contributed by atoms with Crippen molar-refractivity contribution >= 4 is 23.6 Å². The first kappa shape index (κ1) is 27.7. The molecule has 180 valence electrons. The first-order valence-corrected chi connectivity index (χ1v) is 10.4. The molecule has 0 heterocycles. The second-order valence-electron chi connectivity index (χ2n) is 7.80. The molecular weight excluding hydrogens is 428 g/mol. The third-order valence-corrected chi connectivity index (χ3v) is 3.85. The van der Waals surface area contributed by atoms with Crippen molar-refractivity contribution in [3.63, 3.8) is 0 Å². The van der Waals surface area contributed by atoms with E-state index in [4.69, 9.17) is 15.4 Å². The van der Waals surface area contributed by atoms with E-state index in [1.54, 1.807) is 20.0 Å². The van der Waals surface area contributed by atoms with Gasteiger partial charge in [0.15, 0.2) is 17.4 Å². The quantitative estimate of drug-likeness (QED) is 0.276. The van der Waals surface area contributed by atoms with Gasteiger partial charge in [0.25, 0.3) is 0 Å². The van der Waals surface area contributed by atoms with Crippen molar-refractivity contribution in [2.45, 2.75) is 34.6 Å². The highest BCUT2D eigenvalue weighted by molar-refractivity contribution is 6.03. The predicted molar refractivity (Wildman–Crippen MR) is 130 cm³/mol. The summed E-state index contributed by atoms with van der Waals surface area (Å²) in [5.74, 6) is 5.95. The summed E-state index contributed by atoms with van der Waals surface area (Å²) in [6.45, 7) is 10.2. The largest absolute Gasteiger partial charge is 0.485 e. The van der Waals surface area contributed by atoms with Gasteiger partial charge >= 0.3 is 0 Å². The van der Waals surface area contributed by atoms with Gasteiger partial charge in [0, 0.05) is 24.9 Å². The van der Waals surface area contributed by atoms with Crippen LogP contribution in [0.2, 0.25) is 0 Å². The molecule has 0 saturated carbocycles. The molecule has 0 spiro atoms. The molecule has 0 radical (unpaired) electrons. The number of benzene rings is 2. The molecule has 33 heavy (non-hydrogen) atoms. The minimum Gasteiger partial charge on any atom is -0.485 e. The molecular formula is C24H33F2N5O2. The van der Waals surface area contributed by atoms with E-state index < -0.39 is 11.6 Å². The van der Waals surface area contributed by atoms with Crippen LogP contribution in [-0.2, 0) is 4.84 Å². The molecule has 2 N–H and O–H groups in total. The van der Waals surface area contributed by atoms with Gasteiger partial charge in [-0.2, -0.15) is 0 Å². The van der Waals surface area contributed by atoms with Crippen LogP contribution >= 0.6 is 0 Å². The van der Waals surface area contributed by atoms with Crippen molar-refractivity contribution in [3.8, 4) is 5.75 Å². The third kappa shape index (κ3) is 10.2. The van der Waals surface area contributed by atoms with Gasteiger partial charge in [-0.3, -0.25) is 0 Å². The minimum absolute atomic E-state index is 0.0331. The number of ether oxygens (including phenoxy) is 1. The number of hydrazine groups is 1. The van der Waals surface area contributed by atoms with Crippen LogP contribution in [0.4, 0.5) is 14.5 Å². The zero-order valence-corrected chi connectivity index (χ0v) is 20.3. The van der Waals surface area contributed by atoms with Crippen LogP contribution in [0.1, 0.15) is 38.8 Å². The van der Waals surface area contributed by atoms with E-state index in [2.05, 4.69) is 35.9 Å². The number of oxime groups is 1. The molecule has 0 unspecified atom stereocenters. The lowest BCUT2D eigenvalue weighted by Crippen LogP contribution is -2.30. The Morgan fingerprint density at radius 3 is 2.36 bits per heavy atom. The van der Waals surface area contributed by atoms with Crippen molar-refractivity contribution in [2.24, 2.45) is 26.9 Å². The molecule has 0 aliphatic rings.